The van der Waals surface area contributed by atoms with Crippen molar-refractivity contribution < 1.29 is 14.4 Å². The van der Waals surface area contributed by atoms with Crippen molar-refractivity contribution in [1.82, 2.24) is 10.6 Å². The van der Waals surface area contributed by atoms with E-state index in [1.54, 1.807) is 0 Å². The Hall–Kier alpha value is -2.81. The SMILES string of the molecule is C#CCCC[C@@H](NC(=O)[C@H](Cc1ccccc1)NC(C)=O)C(N)=O. The Morgan fingerprint density at radius 1 is 1.17 bits per heavy atom. The number of nitrogens with two attached hydrogens (primary N) is 1. The Morgan fingerprint density at radius 2 is 1.83 bits per heavy atom. The highest BCUT2D eigenvalue weighted by atomic mass is 16.2. The fraction of sp³-hybridized carbons (Fsp3) is 0.389. The van der Waals surface area contributed by atoms with Crippen LogP contribution < -0.4 is 16.4 Å². The molecule has 0 heterocycles. The van der Waals surface area contributed by atoms with Crippen LogP contribution in [0.2, 0.25) is 0 Å². The van der Waals surface area contributed by atoms with Crippen LogP contribution in [0, 0.1) is 12.3 Å². The first kappa shape index (κ1) is 19.2. The second-order valence-electron chi connectivity index (χ2n) is 5.50. The second-order valence-corrected chi connectivity index (χ2v) is 5.50. The normalized spacial score (nSPS) is 12.5. The molecule has 128 valence electrons. The maximum atomic E-state index is 12.5. The van der Waals surface area contributed by atoms with E-state index < -0.39 is 23.9 Å². The first-order valence-electron chi connectivity index (χ1n) is 7.78. The minimum absolute atomic E-state index is 0.322. The summed E-state index contributed by atoms with van der Waals surface area (Å²) >= 11 is 0. The summed E-state index contributed by atoms with van der Waals surface area (Å²) in [6.45, 7) is 1.34. The van der Waals surface area contributed by atoms with Gasteiger partial charge in [-0.25, -0.2) is 0 Å². The van der Waals surface area contributed by atoms with Crippen molar-refractivity contribution in [2.75, 3.05) is 0 Å². The molecule has 4 N–H and O–H groups in total. The number of carbonyl (C=O) groups excluding carboxylic acids is 3. The van der Waals surface area contributed by atoms with Crippen LogP contribution in [0.3, 0.4) is 0 Å². The third-order valence-corrected chi connectivity index (χ3v) is 3.45. The Kier molecular flexibility index (Phi) is 8.06. The minimum atomic E-state index is -0.808. The second kappa shape index (κ2) is 10.1. The van der Waals surface area contributed by atoms with Gasteiger partial charge in [0.15, 0.2) is 0 Å². The summed E-state index contributed by atoms with van der Waals surface area (Å²) in [5.74, 6) is 1.08. The molecule has 0 radical (unpaired) electrons. The molecular formula is C18H23N3O3. The van der Waals surface area contributed by atoms with Crippen molar-refractivity contribution in [3.63, 3.8) is 0 Å². The van der Waals surface area contributed by atoms with Gasteiger partial charge in [0.05, 0.1) is 0 Å². The molecule has 0 aliphatic carbocycles. The maximum absolute atomic E-state index is 12.5. The number of hydrogen-bond acceptors (Lipinski definition) is 3. The van der Waals surface area contributed by atoms with E-state index >= 15 is 0 Å². The molecule has 3 amide bonds. The molecule has 0 aliphatic heterocycles. The smallest absolute Gasteiger partial charge is 0.243 e. The van der Waals surface area contributed by atoms with Crippen molar-refractivity contribution >= 4 is 17.7 Å². The molecule has 1 aromatic carbocycles. The van der Waals surface area contributed by atoms with Gasteiger partial charge in [0.25, 0.3) is 0 Å². The van der Waals surface area contributed by atoms with Crippen molar-refractivity contribution in [2.45, 2.75) is 44.7 Å². The molecular weight excluding hydrogens is 306 g/mol. The third-order valence-electron chi connectivity index (χ3n) is 3.45. The maximum Gasteiger partial charge on any atom is 0.243 e. The minimum Gasteiger partial charge on any atom is -0.368 e. The van der Waals surface area contributed by atoms with Crippen LogP contribution in [0.25, 0.3) is 0 Å². The van der Waals surface area contributed by atoms with E-state index in [9.17, 15) is 14.4 Å². The summed E-state index contributed by atoms with van der Waals surface area (Å²) in [5, 5.41) is 5.21. The van der Waals surface area contributed by atoms with E-state index in [0.29, 0.717) is 25.7 Å². The molecule has 6 heteroatoms. The number of carbonyl (C=O) groups is 3. The number of amides is 3. The van der Waals surface area contributed by atoms with Crippen LogP contribution in [0.5, 0.6) is 0 Å². The molecule has 24 heavy (non-hydrogen) atoms. The van der Waals surface area contributed by atoms with Crippen LogP contribution >= 0.6 is 0 Å². The van der Waals surface area contributed by atoms with Crippen LogP contribution in [-0.2, 0) is 20.8 Å². The monoisotopic (exact) mass is 329 g/mol. The van der Waals surface area contributed by atoms with Gasteiger partial charge in [-0.05, 0) is 18.4 Å². The van der Waals surface area contributed by atoms with Gasteiger partial charge >= 0.3 is 0 Å². The standard InChI is InChI=1S/C18H23N3O3/c1-3-4-6-11-15(17(19)23)21-18(24)16(20-13(2)22)12-14-9-7-5-8-10-14/h1,5,7-10,15-16H,4,6,11-12H2,2H3,(H2,19,23)(H,20,22)(H,21,24)/t15-,16+/m1/s1. The number of terminal acetylenes is 1. The molecule has 1 aromatic rings. The van der Waals surface area contributed by atoms with Crippen LogP contribution in [-0.4, -0.2) is 29.8 Å². The molecule has 1 rings (SSSR count). The summed E-state index contributed by atoms with van der Waals surface area (Å²) in [5.41, 5.74) is 6.23. The highest BCUT2D eigenvalue weighted by molar-refractivity contribution is 5.91. The number of primary amides is 1. The topological polar surface area (TPSA) is 101 Å². The van der Waals surface area contributed by atoms with Gasteiger partial charge in [0, 0.05) is 19.8 Å². The number of hydrogen-bond donors (Lipinski definition) is 3. The first-order chi connectivity index (χ1) is 11.4. The van der Waals surface area contributed by atoms with E-state index in [4.69, 9.17) is 12.2 Å². The Morgan fingerprint density at radius 3 is 2.38 bits per heavy atom. The zero-order chi connectivity index (χ0) is 17.9. The zero-order valence-corrected chi connectivity index (χ0v) is 13.7. The van der Waals surface area contributed by atoms with E-state index in [1.165, 1.54) is 6.92 Å². The van der Waals surface area contributed by atoms with E-state index in [2.05, 4.69) is 16.6 Å². The number of nitrogens with one attached hydrogen (secondary N) is 2. The number of rotatable bonds is 9. The fourth-order valence-corrected chi connectivity index (χ4v) is 2.27. The van der Waals surface area contributed by atoms with E-state index in [-0.39, 0.29) is 5.91 Å². The predicted molar refractivity (Wildman–Crippen MR) is 91.6 cm³/mol. The van der Waals surface area contributed by atoms with Gasteiger partial charge in [-0.1, -0.05) is 30.3 Å². The van der Waals surface area contributed by atoms with Crippen molar-refractivity contribution in [3.8, 4) is 12.3 Å². The van der Waals surface area contributed by atoms with Crippen molar-refractivity contribution in [1.29, 1.82) is 0 Å². The van der Waals surface area contributed by atoms with Gasteiger partial charge in [-0.2, -0.15) is 0 Å². The van der Waals surface area contributed by atoms with Gasteiger partial charge in [-0.15, -0.1) is 12.3 Å². The molecule has 0 saturated carbocycles. The predicted octanol–water partition coefficient (Wildman–Crippen LogP) is 0.507. The molecule has 0 bridgehead atoms. The van der Waals surface area contributed by atoms with Gasteiger partial charge in [-0.3, -0.25) is 14.4 Å². The zero-order valence-electron chi connectivity index (χ0n) is 13.7. The summed E-state index contributed by atoms with van der Waals surface area (Å²) in [6, 6.07) is 7.71. The van der Waals surface area contributed by atoms with Crippen LogP contribution in [0.15, 0.2) is 30.3 Å². The molecule has 0 fully saturated rings. The molecule has 6 nitrogen and oxygen atoms in total. The van der Waals surface area contributed by atoms with Crippen LogP contribution in [0.1, 0.15) is 31.7 Å². The lowest BCUT2D eigenvalue weighted by molar-refractivity contribution is -0.130. The quantitative estimate of drug-likeness (QED) is 0.454. The van der Waals surface area contributed by atoms with E-state index in [0.717, 1.165) is 5.56 Å². The van der Waals surface area contributed by atoms with Gasteiger partial charge < -0.3 is 16.4 Å². The summed E-state index contributed by atoms with van der Waals surface area (Å²) in [7, 11) is 0. The lowest BCUT2D eigenvalue weighted by Gasteiger charge is -2.21. The first-order valence-corrected chi connectivity index (χ1v) is 7.78. The summed E-state index contributed by atoms with van der Waals surface area (Å²) in [4.78, 5) is 35.3. The Balaban J connectivity index is 2.76. The molecule has 0 saturated heterocycles. The summed E-state index contributed by atoms with van der Waals surface area (Å²) in [6.07, 6.45) is 6.94. The highest BCUT2D eigenvalue weighted by Gasteiger charge is 2.24. The Labute approximate surface area is 142 Å². The molecule has 2 atom stereocenters. The van der Waals surface area contributed by atoms with Gasteiger partial charge in [0.1, 0.15) is 12.1 Å². The number of unbranched alkanes of at least 4 members (excludes halogenated alkanes) is 1. The summed E-state index contributed by atoms with van der Waals surface area (Å²) < 4.78 is 0. The molecule has 0 spiro atoms. The lowest BCUT2D eigenvalue weighted by atomic mass is 10.0. The average molecular weight is 329 g/mol. The largest absolute Gasteiger partial charge is 0.368 e. The lowest BCUT2D eigenvalue weighted by Crippen LogP contribution is -2.53. The highest BCUT2D eigenvalue weighted by Crippen LogP contribution is 2.06. The van der Waals surface area contributed by atoms with Crippen LogP contribution in [0.4, 0.5) is 0 Å². The molecule has 0 aliphatic rings. The van der Waals surface area contributed by atoms with E-state index in [1.807, 2.05) is 30.3 Å². The van der Waals surface area contributed by atoms with Crippen molar-refractivity contribution in [3.05, 3.63) is 35.9 Å². The van der Waals surface area contributed by atoms with Gasteiger partial charge in [0.2, 0.25) is 17.7 Å². The average Bonchev–Trinajstić information content (AvgIpc) is 2.53. The fourth-order valence-electron chi connectivity index (χ4n) is 2.27. The number of benzene rings is 1. The molecule has 0 unspecified atom stereocenters. The van der Waals surface area contributed by atoms with Crippen molar-refractivity contribution in [2.24, 2.45) is 5.73 Å². The third kappa shape index (κ3) is 6.97. The molecule has 0 aromatic heterocycles. The Bertz CT molecular complexity index is 608.